The van der Waals surface area contributed by atoms with E-state index in [1.54, 1.807) is 27.2 Å². The lowest BCUT2D eigenvalue weighted by Gasteiger charge is -2.20. The summed E-state index contributed by atoms with van der Waals surface area (Å²) in [5.74, 6) is -0.141. The second-order valence-electron chi connectivity index (χ2n) is 6.44. The first kappa shape index (κ1) is 27.3. The molecule has 0 N–H and O–H groups in total. The number of ether oxygens (including phenoxy) is 6. The zero-order chi connectivity index (χ0) is 24.7. The molecule has 2 aromatic rings. The van der Waals surface area contributed by atoms with Crippen molar-refractivity contribution in [3.05, 3.63) is 42.2 Å². The predicted molar refractivity (Wildman–Crippen MR) is 131 cm³/mol. The predicted octanol–water partition coefficient (Wildman–Crippen LogP) is 5.21. The average Bonchev–Trinajstić information content (AvgIpc) is 2.81. The lowest BCUT2D eigenvalue weighted by molar-refractivity contribution is -0.168. The zero-order valence-electron chi connectivity index (χ0n) is 18.7. The van der Waals surface area contributed by atoms with Crippen molar-refractivity contribution in [2.24, 2.45) is 0 Å². The van der Waals surface area contributed by atoms with Crippen LogP contribution in [0.1, 0.15) is 23.6 Å². The lowest BCUT2D eigenvalue weighted by Crippen LogP contribution is -2.20. The van der Waals surface area contributed by atoms with Gasteiger partial charge in [0.05, 0.1) is 44.0 Å². The van der Waals surface area contributed by atoms with E-state index in [4.69, 9.17) is 28.4 Å². The highest BCUT2D eigenvalue weighted by Gasteiger charge is 2.24. The van der Waals surface area contributed by atoms with Crippen LogP contribution in [0.25, 0.3) is 0 Å². The molecule has 0 unspecified atom stereocenters. The number of methoxy groups -OCH3 is 4. The van der Waals surface area contributed by atoms with E-state index in [9.17, 15) is 9.59 Å². The van der Waals surface area contributed by atoms with Crippen molar-refractivity contribution in [1.29, 1.82) is 0 Å². The van der Waals surface area contributed by atoms with Gasteiger partial charge in [-0.2, -0.15) is 0 Å². The molecule has 11 heteroatoms. The molecule has 0 radical (unpaired) electrons. The minimum absolute atomic E-state index is 0.0727. The molecule has 8 nitrogen and oxygen atoms in total. The Hall–Kier alpha value is -1.98. The van der Waals surface area contributed by atoms with Gasteiger partial charge in [0.25, 0.3) is 0 Å². The molecule has 0 heterocycles. The fourth-order valence-corrected chi connectivity index (χ4v) is 4.85. The summed E-state index contributed by atoms with van der Waals surface area (Å²) in [6.45, 7) is 1.50. The SMILES string of the molecule is CCOC(=O)C(=O)OCc1cc(OC)c(OC)c(Br)c1Cc1cc(OC)c(OC)c(Br)c1Br. The topological polar surface area (TPSA) is 89.5 Å². The number of carbonyl (C=O) groups is 2. The second kappa shape index (κ2) is 12.5. The van der Waals surface area contributed by atoms with E-state index in [1.807, 2.05) is 6.07 Å². The van der Waals surface area contributed by atoms with E-state index < -0.39 is 11.9 Å². The number of halogens is 3. The summed E-state index contributed by atoms with van der Waals surface area (Å²) in [4.78, 5) is 23.6. The van der Waals surface area contributed by atoms with Crippen LogP contribution in [-0.2, 0) is 32.1 Å². The molecular formula is C22H23Br3O8. The van der Waals surface area contributed by atoms with Crippen molar-refractivity contribution in [1.82, 2.24) is 0 Å². The Kier molecular flexibility index (Phi) is 10.3. The van der Waals surface area contributed by atoms with E-state index in [0.29, 0.717) is 43.9 Å². The number of hydrogen-bond donors (Lipinski definition) is 0. The van der Waals surface area contributed by atoms with Gasteiger partial charge in [-0.05, 0) is 83.5 Å². The number of rotatable bonds is 9. The van der Waals surface area contributed by atoms with Gasteiger partial charge in [0.2, 0.25) is 0 Å². The smallest absolute Gasteiger partial charge is 0.417 e. The summed E-state index contributed by atoms with van der Waals surface area (Å²) >= 11 is 10.7. The maximum atomic E-state index is 12.0. The third-order valence-electron chi connectivity index (χ3n) is 4.60. The van der Waals surface area contributed by atoms with Crippen LogP contribution >= 0.6 is 47.8 Å². The van der Waals surface area contributed by atoms with Gasteiger partial charge in [0, 0.05) is 10.9 Å². The summed E-state index contributed by atoms with van der Waals surface area (Å²) in [7, 11) is 6.13. The van der Waals surface area contributed by atoms with Crippen LogP contribution in [0.3, 0.4) is 0 Å². The molecule has 2 rings (SSSR count). The Bertz CT molecular complexity index is 1040. The van der Waals surface area contributed by atoms with Crippen LogP contribution < -0.4 is 18.9 Å². The van der Waals surface area contributed by atoms with Gasteiger partial charge >= 0.3 is 11.9 Å². The summed E-state index contributed by atoms with van der Waals surface area (Å²) in [6, 6.07) is 3.53. The first-order chi connectivity index (χ1) is 15.7. The average molecular weight is 655 g/mol. The summed E-state index contributed by atoms with van der Waals surface area (Å²) in [6.07, 6.45) is 0.382. The molecule has 0 aliphatic heterocycles. The quantitative estimate of drug-likeness (QED) is 0.269. The number of esters is 2. The van der Waals surface area contributed by atoms with Gasteiger partial charge < -0.3 is 28.4 Å². The molecule has 0 spiro atoms. The number of carbonyl (C=O) groups excluding carboxylic acids is 2. The highest BCUT2D eigenvalue weighted by atomic mass is 79.9. The first-order valence-electron chi connectivity index (χ1n) is 9.58. The summed E-state index contributed by atoms with van der Waals surface area (Å²) in [5.41, 5.74) is 2.21. The summed E-state index contributed by atoms with van der Waals surface area (Å²) in [5, 5.41) is 0. The van der Waals surface area contributed by atoms with Crippen molar-refractivity contribution in [3.8, 4) is 23.0 Å². The second-order valence-corrected chi connectivity index (χ2v) is 8.82. The van der Waals surface area contributed by atoms with Crippen LogP contribution in [0.4, 0.5) is 0 Å². The standard InChI is InChI=1S/C22H23Br3O8/c1-6-32-21(26)22(27)33-10-12-9-15(29-3)19(30-4)17(24)13(12)7-11-8-14(28-2)20(31-5)18(25)16(11)23/h8-9H,6-7,10H2,1-5H3. The fraction of sp³-hybridized carbons (Fsp3) is 0.364. The highest BCUT2D eigenvalue weighted by Crippen LogP contribution is 2.45. The van der Waals surface area contributed by atoms with E-state index in [0.717, 1.165) is 15.6 Å². The molecule has 0 aliphatic rings. The third-order valence-corrected chi connectivity index (χ3v) is 7.63. The molecule has 180 valence electrons. The molecule has 0 amide bonds. The van der Waals surface area contributed by atoms with E-state index in [-0.39, 0.29) is 13.2 Å². The molecule has 2 aromatic carbocycles. The van der Waals surface area contributed by atoms with Crippen molar-refractivity contribution < 1.29 is 38.0 Å². The molecule has 33 heavy (non-hydrogen) atoms. The van der Waals surface area contributed by atoms with Crippen molar-refractivity contribution in [2.75, 3.05) is 35.0 Å². The number of benzene rings is 2. The molecule has 0 aromatic heterocycles. The van der Waals surface area contributed by atoms with Gasteiger partial charge in [0.15, 0.2) is 23.0 Å². The van der Waals surface area contributed by atoms with Crippen molar-refractivity contribution >= 4 is 59.7 Å². The van der Waals surface area contributed by atoms with Crippen molar-refractivity contribution in [3.63, 3.8) is 0 Å². The molecule has 0 saturated carbocycles. The Balaban J connectivity index is 2.56. The first-order valence-corrected chi connectivity index (χ1v) is 12.0. The van der Waals surface area contributed by atoms with Gasteiger partial charge in [0.1, 0.15) is 6.61 Å². The van der Waals surface area contributed by atoms with E-state index in [1.165, 1.54) is 14.2 Å². The Labute approximate surface area is 217 Å². The highest BCUT2D eigenvalue weighted by molar-refractivity contribution is 9.13. The van der Waals surface area contributed by atoms with Crippen molar-refractivity contribution in [2.45, 2.75) is 20.0 Å². The van der Waals surface area contributed by atoms with Gasteiger partial charge in [-0.1, -0.05) is 0 Å². The van der Waals surface area contributed by atoms with Gasteiger partial charge in [-0.15, -0.1) is 0 Å². The van der Waals surface area contributed by atoms with Crippen LogP contribution in [0.5, 0.6) is 23.0 Å². The molecule has 0 bridgehead atoms. The third kappa shape index (κ3) is 6.13. The van der Waals surface area contributed by atoms with Crippen LogP contribution in [0.2, 0.25) is 0 Å². The minimum atomic E-state index is -1.08. The minimum Gasteiger partial charge on any atom is -0.493 e. The molecule has 0 fully saturated rings. The molecule has 0 saturated heterocycles. The number of hydrogen-bond acceptors (Lipinski definition) is 8. The maximum Gasteiger partial charge on any atom is 0.417 e. The monoisotopic (exact) mass is 652 g/mol. The van der Waals surface area contributed by atoms with Gasteiger partial charge in [-0.3, -0.25) is 0 Å². The molecule has 0 aliphatic carbocycles. The normalized spacial score (nSPS) is 10.4. The fourth-order valence-electron chi connectivity index (χ4n) is 3.05. The largest absolute Gasteiger partial charge is 0.493 e. The van der Waals surface area contributed by atoms with Crippen LogP contribution in [0.15, 0.2) is 25.6 Å². The zero-order valence-corrected chi connectivity index (χ0v) is 23.4. The summed E-state index contributed by atoms with van der Waals surface area (Å²) < 4.78 is 33.8. The Morgan fingerprint density at radius 2 is 1.24 bits per heavy atom. The van der Waals surface area contributed by atoms with Gasteiger partial charge in [-0.25, -0.2) is 9.59 Å². The molecule has 0 atom stereocenters. The van der Waals surface area contributed by atoms with E-state index in [2.05, 4.69) is 47.8 Å². The Morgan fingerprint density at radius 3 is 1.76 bits per heavy atom. The molecular weight excluding hydrogens is 632 g/mol. The maximum absolute atomic E-state index is 12.0. The van der Waals surface area contributed by atoms with Crippen LogP contribution in [0, 0.1) is 0 Å². The lowest BCUT2D eigenvalue weighted by atomic mass is 9.98. The van der Waals surface area contributed by atoms with E-state index >= 15 is 0 Å². The van der Waals surface area contributed by atoms with Crippen LogP contribution in [-0.4, -0.2) is 47.0 Å². The Morgan fingerprint density at radius 1 is 0.727 bits per heavy atom.